The van der Waals surface area contributed by atoms with Gasteiger partial charge in [-0.05, 0) is 18.9 Å². The molecule has 3 heterocycles. The van der Waals surface area contributed by atoms with Gasteiger partial charge < -0.3 is 10.2 Å². The summed E-state index contributed by atoms with van der Waals surface area (Å²) < 4.78 is 1.83. The van der Waals surface area contributed by atoms with E-state index in [2.05, 4.69) is 26.4 Å². The van der Waals surface area contributed by atoms with E-state index in [1.54, 1.807) is 6.20 Å². The molecule has 1 unspecified atom stereocenters. The molecule has 3 aromatic rings. The third kappa shape index (κ3) is 3.01. The highest BCUT2D eigenvalue weighted by Gasteiger charge is 2.22. The summed E-state index contributed by atoms with van der Waals surface area (Å²) in [7, 11) is 1.94. The van der Waals surface area contributed by atoms with E-state index in [1.165, 1.54) is 0 Å². The topological polar surface area (TPSA) is 69.8 Å². The number of fused-ring (bicyclic) bond motifs is 1. The molecule has 6 heteroatoms. The number of aryl methyl sites for hydroxylation is 1. The molecule has 1 saturated heterocycles. The first-order valence-electron chi connectivity index (χ1n) is 8.52. The highest BCUT2D eigenvalue weighted by molar-refractivity contribution is 5.94. The Morgan fingerprint density at radius 2 is 2.16 bits per heavy atom. The molecule has 126 valence electrons. The van der Waals surface area contributed by atoms with Gasteiger partial charge in [-0.3, -0.25) is 9.67 Å². The van der Waals surface area contributed by atoms with Crippen LogP contribution in [0.4, 0.5) is 11.4 Å². The standard InChI is InChI=1S/C19H20N6/c1-24-13-16(11-22-24)25-8-4-5-15(12-25)23-19-14(9-20)10-21-18-7-3-2-6-17(18)19/h2-3,6-7,10-11,13,15H,4-5,8,12H2,1H3,(H,21,23). The Morgan fingerprint density at radius 1 is 1.28 bits per heavy atom. The van der Waals surface area contributed by atoms with Crippen molar-refractivity contribution in [1.29, 1.82) is 5.26 Å². The first-order chi connectivity index (χ1) is 12.2. The Morgan fingerprint density at radius 3 is 2.96 bits per heavy atom. The lowest BCUT2D eigenvalue weighted by Crippen LogP contribution is -2.42. The van der Waals surface area contributed by atoms with Crippen molar-refractivity contribution in [1.82, 2.24) is 14.8 Å². The summed E-state index contributed by atoms with van der Waals surface area (Å²) >= 11 is 0. The Hall–Kier alpha value is -3.07. The van der Waals surface area contributed by atoms with Gasteiger partial charge in [0.1, 0.15) is 6.07 Å². The maximum atomic E-state index is 9.49. The molecule has 1 aliphatic rings. The zero-order valence-electron chi connectivity index (χ0n) is 14.2. The van der Waals surface area contributed by atoms with Crippen LogP contribution in [0.25, 0.3) is 10.9 Å². The maximum absolute atomic E-state index is 9.49. The van der Waals surface area contributed by atoms with Crippen LogP contribution in [0, 0.1) is 11.3 Å². The normalized spacial score (nSPS) is 17.4. The number of rotatable bonds is 3. The van der Waals surface area contributed by atoms with Gasteiger partial charge in [0, 0.05) is 44.0 Å². The van der Waals surface area contributed by atoms with Crippen molar-refractivity contribution in [2.75, 3.05) is 23.3 Å². The van der Waals surface area contributed by atoms with Gasteiger partial charge >= 0.3 is 0 Å². The van der Waals surface area contributed by atoms with E-state index in [-0.39, 0.29) is 6.04 Å². The van der Waals surface area contributed by atoms with Crippen LogP contribution in [0.3, 0.4) is 0 Å². The van der Waals surface area contributed by atoms with Gasteiger partial charge in [-0.15, -0.1) is 0 Å². The van der Waals surface area contributed by atoms with Crippen molar-refractivity contribution in [2.45, 2.75) is 18.9 Å². The number of hydrogen-bond acceptors (Lipinski definition) is 5. The molecule has 6 nitrogen and oxygen atoms in total. The number of anilines is 2. The van der Waals surface area contributed by atoms with Crippen LogP contribution in [-0.4, -0.2) is 33.9 Å². The third-order valence-electron chi connectivity index (χ3n) is 4.72. The lowest BCUT2D eigenvalue weighted by molar-refractivity contribution is 0.530. The highest BCUT2D eigenvalue weighted by atomic mass is 15.3. The van der Waals surface area contributed by atoms with Crippen LogP contribution < -0.4 is 10.2 Å². The molecule has 0 spiro atoms. The van der Waals surface area contributed by atoms with Crippen LogP contribution in [0.2, 0.25) is 0 Å². The van der Waals surface area contributed by atoms with Crippen molar-refractivity contribution in [3.63, 3.8) is 0 Å². The molecule has 1 atom stereocenters. The monoisotopic (exact) mass is 332 g/mol. The SMILES string of the molecule is Cn1cc(N2CCCC(Nc3c(C#N)cnc4ccccc34)C2)cn1. The molecular formula is C19H20N6. The van der Waals surface area contributed by atoms with Crippen LogP contribution in [0.1, 0.15) is 18.4 Å². The second-order valence-corrected chi connectivity index (χ2v) is 6.48. The molecule has 1 aromatic carbocycles. The number of nitrogens with one attached hydrogen (secondary N) is 1. The third-order valence-corrected chi connectivity index (χ3v) is 4.72. The lowest BCUT2D eigenvalue weighted by atomic mass is 10.0. The molecule has 0 radical (unpaired) electrons. The summed E-state index contributed by atoms with van der Waals surface area (Å²) in [5.41, 5.74) is 3.54. The zero-order valence-corrected chi connectivity index (χ0v) is 14.2. The smallest absolute Gasteiger partial charge is 0.103 e. The minimum atomic E-state index is 0.284. The average Bonchev–Trinajstić information content (AvgIpc) is 3.09. The van der Waals surface area contributed by atoms with Crippen molar-refractivity contribution >= 4 is 22.3 Å². The number of nitriles is 1. The number of benzene rings is 1. The molecule has 25 heavy (non-hydrogen) atoms. The quantitative estimate of drug-likeness (QED) is 0.798. The van der Waals surface area contributed by atoms with Crippen molar-refractivity contribution in [3.05, 3.63) is 48.4 Å². The number of pyridine rings is 1. The molecule has 0 amide bonds. The number of hydrogen-bond donors (Lipinski definition) is 1. The van der Waals surface area contributed by atoms with Crippen LogP contribution in [0.5, 0.6) is 0 Å². The first kappa shape index (κ1) is 15.5. The lowest BCUT2D eigenvalue weighted by Gasteiger charge is -2.34. The molecule has 1 aliphatic heterocycles. The highest BCUT2D eigenvalue weighted by Crippen LogP contribution is 2.28. The molecule has 1 N–H and O–H groups in total. The Balaban J connectivity index is 1.61. The van der Waals surface area contributed by atoms with E-state index < -0.39 is 0 Å². The van der Waals surface area contributed by atoms with E-state index in [4.69, 9.17) is 0 Å². The summed E-state index contributed by atoms with van der Waals surface area (Å²) in [5.74, 6) is 0. The van der Waals surface area contributed by atoms with Crippen LogP contribution >= 0.6 is 0 Å². The Kier molecular flexibility index (Phi) is 3.98. The maximum Gasteiger partial charge on any atom is 0.103 e. The van der Waals surface area contributed by atoms with Crippen molar-refractivity contribution in [3.8, 4) is 6.07 Å². The number of para-hydroxylation sites is 1. The fraction of sp³-hybridized carbons (Fsp3) is 0.316. The van der Waals surface area contributed by atoms with E-state index in [0.717, 1.165) is 48.2 Å². The molecule has 0 aliphatic carbocycles. The molecule has 1 fully saturated rings. The fourth-order valence-electron chi connectivity index (χ4n) is 3.49. The predicted molar refractivity (Wildman–Crippen MR) is 98.5 cm³/mol. The second kappa shape index (κ2) is 6.44. The molecule has 4 rings (SSSR count). The Labute approximate surface area is 146 Å². The average molecular weight is 332 g/mol. The molecular weight excluding hydrogens is 312 g/mol. The number of piperidine rings is 1. The summed E-state index contributed by atoms with van der Waals surface area (Å²) in [6.45, 7) is 1.93. The van der Waals surface area contributed by atoms with Gasteiger partial charge in [-0.2, -0.15) is 10.4 Å². The van der Waals surface area contributed by atoms with Gasteiger partial charge in [0.2, 0.25) is 0 Å². The second-order valence-electron chi connectivity index (χ2n) is 6.48. The number of nitrogens with zero attached hydrogens (tertiary/aromatic N) is 5. The Bertz CT molecular complexity index is 938. The summed E-state index contributed by atoms with van der Waals surface area (Å²) in [6, 6.07) is 10.5. The largest absolute Gasteiger partial charge is 0.379 e. The van der Waals surface area contributed by atoms with E-state index >= 15 is 0 Å². The number of aromatic nitrogens is 3. The van der Waals surface area contributed by atoms with Gasteiger partial charge in [-0.1, -0.05) is 18.2 Å². The van der Waals surface area contributed by atoms with Gasteiger partial charge in [0.15, 0.2) is 0 Å². The van der Waals surface area contributed by atoms with Crippen LogP contribution in [-0.2, 0) is 7.05 Å². The fourth-order valence-corrected chi connectivity index (χ4v) is 3.49. The molecule has 2 aromatic heterocycles. The first-order valence-corrected chi connectivity index (χ1v) is 8.52. The van der Waals surface area contributed by atoms with Crippen molar-refractivity contribution < 1.29 is 0 Å². The van der Waals surface area contributed by atoms with Gasteiger partial charge in [0.25, 0.3) is 0 Å². The predicted octanol–water partition coefficient (Wildman–Crippen LogP) is 2.92. The van der Waals surface area contributed by atoms with E-state index in [1.807, 2.05) is 48.4 Å². The molecule has 0 bridgehead atoms. The van der Waals surface area contributed by atoms with Crippen molar-refractivity contribution in [2.24, 2.45) is 7.05 Å². The summed E-state index contributed by atoms with van der Waals surface area (Å²) in [5, 5.41) is 18.4. The zero-order chi connectivity index (χ0) is 17.2. The van der Waals surface area contributed by atoms with Gasteiger partial charge in [-0.25, -0.2) is 0 Å². The van der Waals surface area contributed by atoms with Crippen LogP contribution in [0.15, 0.2) is 42.9 Å². The van der Waals surface area contributed by atoms with Gasteiger partial charge in [0.05, 0.1) is 28.7 Å². The minimum absolute atomic E-state index is 0.284. The summed E-state index contributed by atoms with van der Waals surface area (Å²) in [4.78, 5) is 6.74. The minimum Gasteiger partial charge on any atom is -0.379 e. The van der Waals surface area contributed by atoms with E-state index in [9.17, 15) is 5.26 Å². The van der Waals surface area contributed by atoms with E-state index in [0.29, 0.717) is 5.56 Å². The molecule has 0 saturated carbocycles. The summed E-state index contributed by atoms with van der Waals surface area (Å²) in [6.07, 6.45) is 7.80.